The molecule has 2 rings (SSSR count). The lowest BCUT2D eigenvalue weighted by molar-refractivity contribution is -0.121. The third-order valence-corrected chi connectivity index (χ3v) is 4.49. The summed E-state index contributed by atoms with van der Waals surface area (Å²) in [5.74, 6) is -0.213. The quantitative estimate of drug-likeness (QED) is 0.769. The highest BCUT2D eigenvalue weighted by Crippen LogP contribution is 2.15. The highest BCUT2D eigenvalue weighted by atomic mass is 32.1. The van der Waals surface area contributed by atoms with Crippen molar-refractivity contribution in [3.8, 4) is 0 Å². The summed E-state index contributed by atoms with van der Waals surface area (Å²) in [6.07, 6.45) is 2.71. The maximum atomic E-state index is 12.1. The molecule has 6 nitrogen and oxygen atoms in total. The van der Waals surface area contributed by atoms with E-state index in [0.717, 1.165) is 17.1 Å². The zero-order chi connectivity index (χ0) is 17.4. The summed E-state index contributed by atoms with van der Waals surface area (Å²) in [4.78, 5) is 23.8. The molecule has 0 aliphatic heterocycles. The van der Waals surface area contributed by atoms with Crippen molar-refractivity contribution in [2.45, 2.75) is 45.6 Å². The molecule has 0 saturated heterocycles. The van der Waals surface area contributed by atoms with Crippen LogP contribution in [0.5, 0.6) is 0 Å². The number of nitrogens with zero attached hydrogens (tertiary/aromatic N) is 2. The fourth-order valence-electron chi connectivity index (χ4n) is 2.00. The van der Waals surface area contributed by atoms with E-state index in [1.54, 1.807) is 0 Å². The fraction of sp³-hybridized carbons (Fsp3) is 0.412. The van der Waals surface area contributed by atoms with Crippen LogP contribution in [-0.2, 0) is 11.2 Å². The number of hydrogen-bond donors (Lipinski definition) is 2. The van der Waals surface area contributed by atoms with Gasteiger partial charge in [-0.3, -0.25) is 9.59 Å². The van der Waals surface area contributed by atoms with Gasteiger partial charge in [-0.15, -0.1) is 10.2 Å². The molecule has 2 N–H and O–H groups in total. The standard InChI is InChI=1S/C17H22N4O2S/c1-3-12(2)18-14(22)10-7-11-15-20-21-17(24-15)16(23)19-13-8-5-4-6-9-13/h4-6,8-9,12H,3,7,10-11H2,1-2H3,(H,18,22)(H,19,23)/t12-/m0/s1. The molecule has 0 saturated carbocycles. The van der Waals surface area contributed by atoms with Gasteiger partial charge < -0.3 is 10.6 Å². The maximum Gasteiger partial charge on any atom is 0.286 e. The molecule has 1 aromatic carbocycles. The Morgan fingerprint density at radius 3 is 2.67 bits per heavy atom. The van der Waals surface area contributed by atoms with Crippen molar-refractivity contribution in [2.24, 2.45) is 0 Å². The number of hydrogen-bond acceptors (Lipinski definition) is 5. The van der Waals surface area contributed by atoms with Crippen LogP contribution in [0.15, 0.2) is 30.3 Å². The van der Waals surface area contributed by atoms with Gasteiger partial charge in [0, 0.05) is 24.6 Å². The number of amides is 2. The smallest absolute Gasteiger partial charge is 0.286 e. The number of carbonyl (C=O) groups is 2. The molecule has 7 heteroatoms. The van der Waals surface area contributed by atoms with Crippen molar-refractivity contribution in [3.63, 3.8) is 0 Å². The van der Waals surface area contributed by atoms with Gasteiger partial charge in [0.15, 0.2) is 0 Å². The van der Waals surface area contributed by atoms with Crippen molar-refractivity contribution in [2.75, 3.05) is 5.32 Å². The Morgan fingerprint density at radius 2 is 1.96 bits per heavy atom. The van der Waals surface area contributed by atoms with Gasteiger partial charge in [0.25, 0.3) is 5.91 Å². The molecule has 24 heavy (non-hydrogen) atoms. The lowest BCUT2D eigenvalue weighted by Crippen LogP contribution is -2.31. The normalized spacial score (nSPS) is 11.8. The molecular weight excluding hydrogens is 324 g/mol. The summed E-state index contributed by atoms with van der Waals surface area (Å²) in [5.41, 5.74) is 0.723. The van der Waals surface area contributed by atoms with Crippen LogP contribution in [0.2, 0.25) is 0 Å². The van der Waals surface area contributed by atoms with Crippen LogP contribution in [-0.4, -0.2) is 28.1 Å². The van der Waals surface area contributed by atoms with Crippen LogP contribution >= 0.6 is 11.3 Å². The van der Waals surface area contributed by atoms with Gasteiger partial charge in [-0.25, -0.2) is 0 Å². The monoisotopic (exact) mass is 346 g/mol. The van der Waals surface area contributed by atoms with Gasteiger partial charge in [0.05, 0.1) is 0 Å². The summed E-state index contributed by atoms with van der Waals surface area (Å²) in [6, 6.07) is 9.42. The summed E-state index contributed by atoms with van der Waals surface area (Å²) < 4.78 is 0. The van der Waals surface area contributed by atoms with Gasteiger partial charge in [-0.05, 0) is 31.9 Å². The van der Waals surface area contributed by atoms with Crippen molar-refractivity contribution >= 4 is 28.8 Å². The molecule has 1 aromatic heterocycles. The Labute approximate surface area is 145 Å². The first-order valence-electron chi connectivity index (χ1n) is 8.06. The number of aromatic nitrogens is 2. The van der Waals surface area contributed by atoms with Crippen molar-refractivity contribution in [3.05, 3.63) is 40.3 Å². The molecule has 2 aromatic rings. The Morgan fingerprint density at radius 1 is 1.21 bits per heavy atom. The van der Waals surface area contributed by atoms with Crippen LogP contribution in [0.3, 0.4) is 0 Å². The Bertz CT molecular complexity index is 672. The minimum Gasteiger partial charge on any atom is -0.354 e. The molecule has 1 atom stereocenters. The first-order chi connectivity index (χ1) is 11.6. The number of aryl methyl sites for hydroxylation is 1. The minimum absolute atomic E-state index is 0.0518. The highest BCUT2D eigenvalue weighted by molar-refractivity contribution is 7.13. The van der Waals surface area contributed by atoms with E-state index in [2.05, 4.69) is 20.8 Å². The molecule has 0 aliphatic carbocycles. The SMILES string of the molecule is CC[C@H](C)NC(=O)CCCc1nnc(C(=O)Nc2ccccc2)s1. The lowest BCUT2D eigenvalue weighted by atomic mass is 10.2. The molecular formula is C17H22N4O2S. The molecule has 0 radical (unpaired) electrons. The molecule has 0 aliphatic rings. The summed E-state index contributed by atoms with van der Waals surface area (Å²) in [7, 11) is 0. The maximum absolute atomic E-state index is 12.1. The molecule has 0 spiro atoms. The van der Waals surface area contributed by atoms with E-state index >= 15 is 0 Å². The highest BCUT2D eigenvalue weighted by Gasteiger charge is 2.13. The topological polar surface area (TPSA) is 84.0 Å². The molecule has 0 bridgehead atoms. The first-order valence-corrected chi connectivity index (χ1v) is 8.88. The fourth-order valence-corrected chi connectivity index (χ4v) is 2.78. The minimum atomic E-state index is -0.264. The van der Waals surface area contributed by atoms with Crippen LogP contribution in [0.25, 0.3) is 0 Å². The summed E-state index contributed by atoms with van der Waals surface area (Å²) >= 11 is 1.26. The second-order valence-electron chi connectivity index (χ2n) is 5.55. The number of anilines is 1. The van der Waals surface area contributed by atoms with Crippen LogP contribution < -0.4 is 10.6 Å². The van der Waals surface area contributed by atoms with Crippen molar-refractivity contribution in [1.82, 2.24) is 15.5 Å². The third-order valence-electron chi connectivity index (χ3n) is 3.51. The van der Waals surface area contributed by atoms with Crippen molar-refractivity contribution < 1.29 is 9.59 Å². The van der Waals surface area contributed by atoms with Gasteiger partial charge in [-0.1, -0.05) is 36.5 Å². The van der Waals surface area contributed by atoms with E-state index in [1.807, 2.05) is 44.2 Å². The zero-order valence-corrected chi connectivity index (χ0v) is 14.7. The van der Waals surface area contributed by atoms with Gasteiger partial charge in [-0.2, -0.15) is 0 Å². The molecule has 0 fully saturated rings. The number of para-hydroxylation sites is 1. The van der Waals surface area contributed by atoms with E-state index in [4.69, 9.17) is 0 Å². The number of nitrogens with one attached hydrogen (secondary N) is 2. The van der Waals surface area contributed by atoms with Gasteiger partial charge >= 0.3 is 0 Å². The second-order valence-corrected chi connectivity index (χ2v) is 6.61. The van der Waals surface area contributed by atoms with Crippen LogP contribution in [0, 0.1) is 0 Å². The zero-order valence-electron chi connectivity index (χ0n) is 13.9. The van der Waals surface area contributed by atoms with E-state index in [0.29, 0.717) is 24.3 Å². The second kappa shape index (κ2) is 9.12. The largest absolute Gasteiger partial charge is 0.354 e. The summed E-state index contributed by atoms with van der Waals surface area (Å²) in [5, 5.41) is 14.8. The van der Waals surface area contributed by atoms with Gasteiger partial charge in [0.1, 0.15) is 5.01 Å². The number of carbonyl (C=O) groups excluding carboxylic acids is 2. The van der Waals surface area contributed by atoms with E-state index < -0.39 is 0 Å². The molecule has 0 unspecified atom stereocenters. The van der Waals surface area contributed by atoms with E-state index in [1.165, 1.54) is 11.3 Å². The molecule has 128 valence electrons. The third kappa shape index (κ3) is 5.73. The van der Waals surface area contributed by atoms with Crippen LogP contribution in [0.1, 0.15) is 47.9 Å². The Balaban J connectivity index is 1.78. The Kier molecular flexibility index (Phi) is 6.87. The Hall–Kier alpha value is -2.28. The number of rotatable bonds is 8. The summed E-state index contributed by atoms with van der Waals surface area (Å²) in [6.45, 7) is 4.02. The number of benzene rings is 1. The van der Waals surface area contributed by atoms with Crippen LogP contribution in [0.4, 0.5) is 5.69 Å². The molecule has 1 heterocycles. The predicted molar refractivity (Wildman–Crippen MR) is 95.1 cm³/mol. The van der Waals surface area contributed by atoms with Crippen molar-refractivity contribution in [1.29, 1.82) is 0 Å². The van der Waals surface area contributed by atoms with E-state index in [-0.39, 0.29) is 17.9 Å². The average molecular weight is 346 g/mol. The van der Waals surface area contributed by atoms with Gasteiger partial charge in [0.2, 0.25) is 10.9 Å². The average Bonchev–Trinajstić information content (AvgIpc) is 3.04. The van der Waals surface area contributed by atoms with E-state index in [9.17, 15) is 9.59 Å². The first kappa shape index (κ1) is 18.1. The predicted octanol–water partition coefficient (Wildman–Crippen LogP) is 3.03. The lowest BCUT2D eigenvalue weighted by Gasteiger charge is -2.10. The molecule has 2 amide bonds.